The normalized spacial score (nSPS) is 24.0. The molecule has 2 N–H and O–H groups in total. The molecule has 1 saturated heterocycles. The number of β-lactam (4-membered cyclic amide) rings is 1. The molecule has 0 saturated carbocycles. The molecule has 0 spiro atoms. The molecule has 1 amide bonds. The highest BCUT2D eigenvalue weighted by Crippen LogP contribution is 2.38. The maximum atomic E-state index is 12.1. The van der Waals surface area contributed by atoms with Gasteiger partial charge < -0.3 is 15.3 Å². The fourth-order valence-electron chi connectivity index (χ4n) is 2.31. The molecule has 0 radical (unpaired) electrons. The van der Waals surface area contributed by atoms with Crippen molar-refractivity contribution < 1.29 is 14.7 Å². The van der Waals surface area contributed by atoms with Crippen LogP contribution in [0, 0.1) is 5.92 Å². The van der Waals surface area contributed by atoms with E-state index in [1.807, 2.05) is 6.08 Å². The summed E-state index contributed by atoms with van der Waals surface area (Å²) in [6, 6.07) is 6.47. The lowest BCUT2D eigenvalue weighted by atomic mass is 9.93. The number of amides is 1. The van der Waals surface area contributed by atoms with Crippen LogP contribution in [0.1, 0.15) is 0 Å². The van der Waals surface area contributed by atoms with Gasteiger partial charge in [0.05, 0.1) is 6.54 Å². The van der Waals surface area contributed by atoms with Crippen molar-refractivity contribution in [1.29, 1.82) is 0 Å². The molecule has 0 aliphatic carbocycles. The number of phenols is 1. The summed E-state index contributed by atoms with van der Waals surface area (Å²) in [6.45, 7) is 0.121. The maximum Gasteiger partial charge on any atom is 0.241 e. The first-order chi connectivity index (χ1) is 9.66. The van der Waals surface area contributed by atoms with Crippen LogP contribution < -0.4 is 5.32 Å². The first-order valence-electron chi connectivity index (χ1n) is 6.33. The van der Waals surface area contributed by atoms with E-state index < -0.39 is 5.92 Å². The van der Waals surface area contributed by atoms with Gasteiger partial charge in [-0.15, -0.1) is 11.8 Å². The van der Waals surface area contributed by atoms with Gasteiger partial charge in [-0.2, -0.15) is 0 Å². The van der Waals surface area contributed by atoms with Crippen molar-refractivity contribution in [1.82, 2.24) is 4.90 Å². The molecule has 2 aliphatic rings. The molecule has 2 aliphatic heterocycles. The number of carbonyl (C=O) groups excluding carboxylic acids is 2. The van der Waals surface area contributed by atoms with E-state index in [0.717, 1.165) is 11.4 Å². The van der Waals surface area contributed by atoms with E-state index >= 15 is 0 Å². The Balaban J connectivity index is 1.59. The van der Waals surface area contributed by atoms with Gasteiger partial charge in [0.2, 0.25) is 5.91 Å². The average Bonchev–Trinajstić information content (AvgIpc) is 2.46. The quantitative estimate of drug-likeness (QED) is 0.498. The van der Waals surface area contributed by atoms with Gasteiger partial charge in [0, 0.05) is 17.6 Å². The van der Waals surface area contributed by atoms with Crippen LogP contribution in [0.3, 0.4) is 0 Å². The SMILES string of the molecule is O=C(CNc1ccc(O)cc1)C1C(=O)N2C=CCS[C@@H]12. The lowest BCUT2D eigenvalue weighted by Gasteiger charge is -2.45. The average molecular weight is 290 g/mol. The topological polar surface area (TPSA) is 69.6 Å². The van der Waals surface area contributed by atoms with Crippen LogP contribution in [0.25, 0.3) is 0 Å². The van der Waals surface area contributed by atoms with Gasteiger partial charge in [-0.3, -0.25) is 9.59 Å². The lowest BCUT2D eigenvalue weighted by molar-refractivity contribution is -0.151. The van der Waals surface area contributed by atoms with Crippen molar-refractivity contribution in [2.45, 2.75) is 5.37 Å². The molecule has 20 heavy (non-hydrogen) atoms. The van der Waals surface area contributed by atoms with Gasteiger partial charge >= 0.3 is 0 Å². The number of carbonyl (C=O) groups is 2. The van der Waals surface area contributed by atoms with E-state index in [1.54, 1.807) is 47.1 Å². The van der Waals surface area contributed by atoms with E-state index in [2.05, 4.69) is 5.32 Å². The predicted octanol–water partition coefficient (Wildman–Crippen LogP) is 1.42. The number of ketones is 1. The number of rotatable bonds is 4. The zero-order valence-corrected chi connectivity index (χ0v) is 11.5. The second kappa shape index (κ2) is 5.20. The largest absolute Gasteiger partial charge is 0.508 e. The third kappa shape index (κ3) is 2.27. The first-order valence-corrected chi connectivity index (χ1v) is 7.38. The van der Waals surface area contributed by atoms with E-state index in [0.29, 0.717) is 0 Å². The smallest absolute Gasteiger partial charge is 0.241 e. The second-order valence-corrected chi connectivity index (χ2v) is 5.85. The Hall–Kier alpha value is -1.95. The molecule has 2 atom stereocenters. The minimum Gasteiger partial charge on any atom is -0.508 e. The molecule has 1 aromatic rings. The Morgan fingerprint density at radius 3 is 2.90 bits per heavy atom. The number of thioether (sulfide) groups is 1. The number of fused-ring (bicyclic) bond motifs is 1. The highest BCUT2D eigenvalue weighted by Gasteiger charge is 2.51. The minimum absolute atomic E-state index is 0.0402. The number of phenolic OH excluding ortho intramolecular Hbond substituents is 1. The van der Waals surface area contributed by atoms with Gasteiger partial charge in [0.1, 0.15) is 17.0 Å². The van der Waals surface area contributed by atoms with E-state index in [4.69, 9.17) is 0 Å². The number of Topliss-reactive ketones (excluding diaryl/α,β-unsaturated/α-hetero) is 1. The summed E-state index contributed by atoms with van der Waals surface area (Å²) in [7, 11) is 0. The minimum atomic E-state index is -0.533. The molecule has 2 heterocycles. The molecular weight excluding hydrogens is 276 g/mol. The molecule has 3 rings (SSSR count). The third-order valence-corrected chi connectivity index (χ3v) is 4.62. The summed E-state index contributed by atoms with van der Waals surface area (Å²) in [5, 5.41) is 12.1. The van der Waals surface area contributed by atoms with E-state index in [1.165, 1.54) is 0 Å². The number of hydrogen-bond donors (Lipinski definition) is 2. The third-order valence-electron chi connectivity index (χ3n) is 3.39. The highest BCUT2D eigenvalue weighted by atomic mass is 32.2. The molecule has 6 heteroatoms. The number of hydrogen-bond acceptors (Lipinski definition) is 5. The summed E-state index contributed by atoms with van der Waals surface area (Å²) in [4.78, 5) is 25.6. The molecular formula is C14H14N2O3S. The molecule has 104 valence electrons. The van der Waals surface area contributed by atoms with Crippen molar-refractivity contribution in [3.05, 3.63) is 36.5 Å². The van der Waals surface area contributed by atoms with Crippen LogP contribution in [0.4, 0.5) is 5.69 Å². The molecule has 1 aromatic carbocycles. The monoisotopic (exact) mass is 290 g/mol. The van der Waals surface area contributed by atoms with Gasteiger partial charge in [-0.05, 0) is 24.3 Å². The zero-order valence-electron chi connectivity index (χ0n) is 10.7. The predicted molar refractivity (Wildman–Crippen MR) is 77.3 cm³/mol. The molecule has 0 aromatic heterocycles. The number of anilines is 1. The Labute approximate surface area is 120 Å². The van der Waals surface area contributed by atoms with Crippen molar-refractivity contribution in [3.8, 4) is 5.75 Å². The summed E-state index contributed by atoms with van der Waals surface area (Å²) in [5.41, 5.74) is 0.746. The lowest BCUT2D eigenvalue weighted by Crippen LogP contribution is -2.61. The van der Waals surface area contributed by atoms with Crippen LogP contribution >= 0.6 is 11.8 Å². The summed E-state index contributed by atoms with van der Waals surface area (Å²) < 4.78 is 0. The Morgan fingerprint density at radius 2 is 2.15 bits per heavy atom. The van der Waals surface area contributed by atoms with Crippen LogP contribution in [0.5, 0.6) is 5.75 Å². The van der Waals surface area contributed by atoms with Crippen molar-refractivity contribution in [3.63, 3.8) is 0 Å². The Bertz CT molecular complexity index is 570. The molecule has 0 bridgehead atoms. The van der Waals surface area contributed by atoms with Crippen LogP contribution in [0.15, 0.2) is 36.5 Å². The Morgan fingerprint density at radius 1 is 1.40 bits per heavy atom. The van der Waals surface area contributed by atoms with E-state index in [9.17, 15) is 14.7 Å². The number of nitrogens with one attached hydrogen (secondary N) is 1. The zero-order chi connectivity index (χ0) is 14.1. The van der Waals surface area contributed by atoms with Gasteiger partial charge in [-0.1, -0.05) is 6.08 Å². The summed E-state index contributed by atoms with van der Waals surface area (Å²) >= 11 is 1.61. The molecule has 1 unspecified atom stereocenters. The summed E-state index contributed by atoms with van der Waals surface area (Å²) in [6.07, 6.45) is 3.69. The van der Waals surface area contributed by atoms with Gasteiger partial charge in [-0.25, -0.2) is 0 Å². The molecule has 1 fully saturated rings. The summed E-state index contributed by atoms with van der Waals surface area (Å²) in [5.74, 6) is 0.276. The standard InChI is InChI=1S/C14H14N2O3S/c17-10-4-2-9(3-5-10)15-8-11(18)12-13(19)16-6-1-7-20-14(12)16/h1-6,12,14-15,17H,7-8H2/t12?,14-/m0/s1. The number of nitrogens with zero attached hydrogens (tertiary/aromatic N) is 1. The van der Waals surface area contributed by atoms with Crippen LogP contribution in [-0.2, 0) is 9.59 Å². The van der Waals surface area contributed by atoms with Crippen LogP contribution in [0.2, 0.25) is 0 Å². The van der Waals surface area contributed by atoms with Crippen molar-refractivity contribution in [2.75, 3.05) is 17.6 Å². The van der Waals surface area contributed by atoms with Gasteiger partial charge in [0.15, 0.2) is 5.78 Å². The second-order valence-electron chi connectivity index (χ2n) is 4.70. The fraction of sp³-hybridized carbons (Fsp3) is 0.286. The molecule has 5 nitrogen and oxygen atoms in total. The fourth-order valence-corrected chi connectivity index (χ4v) is 3.50. The highest BCUT2D eigenvalue weighted by molar-refractivity contribution is 8.00. The Kier molecular flexibility index (Phi) is 3.40. The van der Waals surface area contributed by atoms with E-state index in [-0.39, 0.29) is 29.4 Å². The number of benzene rings is 1. The number of aromatic hydroxyl groups is 1. The van der Waals surface area contributed by atoms with Crippen molar-refractivity contribution in [2.24, 2.45) is 5.92 Å². The first kappa shape index (κ1) is 13.1. The maximum absolute atomic E-state index is 12.1. The van der Waals surface area contributed by atoms with Crippen LogP contribution in [-0.4, -0.2) is 39.4 Å². The van der Waals surface area contributed by atoms with Crippen molar-refractivity contribution >= 4 is 29.1 Å². The van der Waals surface area contributed by atoms with Gasteiger partial charge in [0.25, 0.3) is 0 Å².